The molecule has 2 amide bonds. The van der Waals surface area contributed by atoms with Crippen molar-refractivity contribution in [2.24, 2.45) is 5.92 Å². The number of benzene rings is 1. The zero-order chi connectivity index (χ0) is 25.9. The van der Waals surface area contributed by atoms with Crippen LogP contribution in [-0.2, 0) is 27.2 Å². The van der Waals surface area contributed by atoms with Crippen molar-refractivity contribution in [2.45, 2.75) is 46.1 Å². The number of nitrogens with one attached hydrogen (secondary N) is 2. The van der Waals surface area contributed by atoms with Crippen LogP contribution in [-0.4, -0.2) is 48.9 Å². The molecular weight excluding hydrogens is 483 g/mol. The zero-order valence-corrected chi connectivity index (χ0v) is 20.8. The Morgan fingerprint density at radius 1 is 1.20 bits per heavy atom. The summed E-state index contributed by atoms with van der Waals surface area (Å²) in [5.41, 5.74) is 0.793. The number of likely N-dealkylation sites (N-methyl/N-ethyl adjacent to an activating group) is 1. The third kappa shape index (κ3) is 6.02. The van der Waals surface area contributed by atoms with Crippen molar-refractivity contribution in [3.63, 3.8) is 0 Å². The van der Waals surface area contributed by atoms with E-state index in [9.17, 15) is 27.6 Å². The lowest BCUT2D eigenvalue weighted by molar-refractivity contribution is -0.122. The Hall–Kier alpha value is -2.92. The van der Waals surface area contributed by atoms with Crippen LogP contribution < -0.4 is 10.6 Å². The summed E-state index contributed by atoms with van der Waals surface area (Å²) in [4.78, 5) is 40.4. The largest absolute Gasteiger partial charge is 0.462 e. The van der Waals surface area contributed by atoms with E-state index in [1.807, 2.05) is 0 Å². The number of nitrogens with zero attached hydrogens (tertiary/aromatic N) is 1. The molecule has 1 heterocycles. The highest BCUT2D eigenvalue weighted by Crippen LogP contribution is 2.40. The van der Waals surface area contributed by atoms with E-state index in [0.717, 1.165) is 35.8 Å². The second-order valence-corrected chi connectivity index (χ2v) is 9.73. The minimum absolute atomic E-state index is 0.208. The van der Waals surface area contributed by atoms with Gasteiger partial charge in [0.2, 0.25) is 11.8 Å². The van der Waals surface area contributed by atoms with Crippen LogP contribution in [0.25, 0.3) is 0 Å². The number of halogens is 3. The van der Waals surface area contributed by atoms with E-state index in [0.29, 0.717) is 22.5 Å². The van der Waals surface area contributed by atoms with Crippen molar-refractivity contribution in [2.75, 3.05) is 30.8 Å². The monoisotopic (exact) mass is 511 g/mol. The van der Waals surface area contributed by atoms with E-state index in [4.69, 9.17) is 4.74 Å². The molecule has 0 saturated carbocycles. The fourth-order valence-corrected chi connectivity index (χ4v) is 5.25. The van der Waals surface area contributed by atoms with Gasteiger partial charge in [-0.15, -0.1) is 11.3 Å². The highest BCUT2D eigenvalue weighted by Gasteiger charge is 2.30. The van der Waals surface area contributed by atoms with Gasteiger partial charge >= 0.3 is 5.97 Å². The molecule has 1 aromatic carbocycles. The molecule has 190 valence electrons. The summed E-state index contributed by atoms with van der Waals surface area (Å²) in [5.74, 6) is -5.73. The fraction of sp³-hybridized carbons (Fsp3) is 0.458. The normalized spacial score (nSPS) is 15.9. The maximum atomic E-state index is 13.8. The predicted octanol–water partition coefficient (Wildman–Crippen LogP) is 4.36. The molecule has 3 rings (SSSR count). The molecular formula is C24H28F3N3O4S. The first-order valence-electron chi connectivity index (χ1n) is 11.3. The highest BCUT2D eigenvalue weighted by atomic mass is 32.1. The quantitative estimate of drug-likeness (QED) is 0.406. The van der Waals surface area contributed by atoms with Crippen molar-refractivity contribution in [1.82, 2.24) is 4.90 Å². The molecule has 0 spiro atoms. The number of rotatable bonds is 8. The molecule has 0 fully saturated rings. The lowest BCUT2D eigenvalue weighted by Crippen LogP contribution is -2.43. The van der Waals surface area contributed by atoms with Crippen molar-refractivity contribution >= 4 is 39.8 Å². The molecule has 0 unspecified atom stereocenters. The van der Waals surface area contributed by atoms with Gasteiger partial charge in [-0.05, 0) is 63.8 Å². The molecule has 1 aliphatic rings. The van der Waals surface area contributed by atoms with Gasteiger partial charge in [-0.25, -0.2) is 18.0 Å². The summed E-state index contributed by atoms with van der Waals surface area (Å²) in [6.07, 6.45) is 2.49. The first-order chi connectivity index (χ1) is 16.5. The Bertz CT molecular complexity index is 1140. The third-order valence-electron chi connectivity index (χ3n) is 5.97. The number of fused-ring (bicyclic) bond motifs is 1. The van der Waals surface area contributed by atoms with Crippen LogP contribution in [0, 0.1) is 23.4 Å². The highest BCUT2D eigenvalue weighted by molar-refractivity contribution is 7.17. The molecule has 0 radical (unpaired) electrons. The average Bonchev–Trinajstić information content (AvgIpc) is 3.15. The van der Waals surface area contributed by atoms with E-state index >= 15 is 0 Å². The molecule has 11 heteroatoms. The van der Waals surface area contributed by atoms with Gasteiger partial charge in [0.1, 0.15) is 5.00 Å². The Kier molecular flexibility index (Phi) is 8.55. The number of esters is 1. The van der Waals surface area contributed by atoms with Crippen molar-refractivity contribution in [3.8, 4) is 0 Å². The first-order valence-corrected chi connectivity index (χ1v) is 12.1. The van der Waals surface area contributed by atoms with E-state index in [1.165, 1.54) is 23.3 Å². The number of carbonyl (C=O) groups excluding carboxylic acids is 3. The van der Waals surface area contributed by atoms with Crippen LogP contribution in [0.4, 0.5) is 23.9 Å². The zero-order valence-electron chi connectivity index (χ0n) is 20.0. The van der Waals surface area contributed by atoms with Crippen molar-refractivity contribution in [1.29, 1.82) is 0 Å². The second kappa shape index (κ2) is 11.2. The van der Waals surface area contributed by atoms with Crippen LogP contribution in [0.15, 0.2) is 12.1 Å². The van der Waals surface area contributed by atoms with E-state index in [-0.39, 0.29) is 13.2 Å². The van der Waals surface area contributed by atoms with Crippen molar-refractivity contribution in [3.05, 3.63) is 45.6 Å². The Morgan fingerprint density at radius 2 is 1.91 bits per heavy atom. The lowest BCUT2D eigenvalue weighted by atomic mass is 9.88. The van der Waals surface area contributed by atoms with Crippen LogP contribution >= 0.6 is 11.3 Å². The van der Waals surface area contributed by atoms with Crippen LogP contribution in [0.2, 0.25) is 0 Å². The lowest BCUT2D eigenvalue weighted by Gasteiger charge is -2.23. The summed E-state index contributed by atoms with van der Waals surface area (Å²) >= 11 is 1.36. The molecule has 0 bridgehead atoms. The summed E-state index contributed by atoms with van der Waals surface area (Å²) in [5, 5.41) is 5.39. The number of anilines is 2. The third-order valence-corrected chi connectivity index (χ3v) is 7.14. The summed E-state index contributed by atoms with van der Waals surface area (Å²) < 4.78 is 45.5. The average molecular weight is 512 g/mol. The maximum Gasteiger partial charge on any atom is 0.341 e. The molecule has 35 heavy (non-hydrogen) atoms. The smallest absolute Gasteiger partial charge is 0.341 e. The van der Waals surface area contributed by atoms with Crippen LogP contribution in [0.1, 0.15) is 48.0 Å². The number of carbonyl (C=O) groups is 3. The number of hydrogen-bond donors (Lipinski definition) is 2. The first kappa shape index (κ1) is 26.7. The maximum absolute atomic E-state index is 13.8. The standard InChI is InChI=1S/C24H28F3N3O4S/c1-5-34-24(33)19-14-7-6-12(2)10-17(14)35-23(19)29-22(32)13(3)30(4)11-18(31)28-16-9-8-15(25)20(26)21(16)27/h8-9,12-13H,5-7,10-11H2,1-4H3,(H,28,31)(H,29,32)/t12-,13-/m1/s1. The molecule has 2 N–H and O–H groups in total. The van der Waals surface area contributed by atoms with Gasteiger partial charge in [0, 0.05) is 4.88 Å². The molecule has 1 aliphatic carbocycles. The number of ether oxygens (including phenoxy) is 1. The summed E-state index contributed by atoms with van der Waals surface area (Å²) in [7, 11) is 1.51. The van der Waals surface area contributed by atoms with Gasteiger partial charge in [0.05, 0.1) is 30.4 Å². The van der Waals surface area contributed by atoms with Crippen LogP contribution in [0.3, 0.4) is 0 Å². The molecule has 2 aromatic rings. The summed E-state index contributed by atoms with van der Waals surface area (Å²) in [6, 6.07) is 0.817. The Balaban J connectivity index is 1.69. The molecule has 0 saturated heterocycles. The van der Waals surface area contributed by atoms with E-state index in [2.05, 4.69) is 17.6 Å². The van der Waals surface area contributed by atoms with E-state index < -0.39 is 47.0 Å². The minimum atomic E-state index is -1.69. The van der Waals surface area contributed by atoms with Gasteiger partial charge in [-0.3, -0.25) is 14.5 Å². The Morgan fingerprint density at radius 3 is 2.60 bits per heavy atom. The topological polar surface area (TPSA) is 87.7 Å². The van der Waals surface area contributed by atoms with Gasteiger partial charge in [0.25, 0.3) is 0 Å². The van der Waals surface area contributed by atoms with Gasteiger partial charge in [-0.1, -0.05) is 6.92 Å². The molecule has 0 aliphatic heterocycles. The predicted molar refractivity (Wildman–Crippen MR) is 127 cm³/mol. The van der Waals surface area contributed by atoms with Gasteiger partial charge < -0.3 is 15.4 Å². The van der Waals surface area contributed by atoms with E-state index in [1.54, 1.807) is 13.8 Å². The molecule has 1 aromatic heterocycles. The van der Waals surface area contributed by atoms with Crippen molar-refractivity contribution < 1.29 is 32.3 Å². The van der Waals surface area contributed by atoms with Gasteiger partial charge in [0.15, 0.2) is 17.5 Å². The Labute approximate surface area is 205 Å². The van der Waals surface area contributed by atoms with Crippen LogP contribution in [0.5, 0.6) is 0 Å². The number of thiophene rings is 1. The summed E-state index contributed by atoms with van der Waals surface area (Å²) in [6.45, 7) is 5.31. The van der Waals surface area contributed by atoms with Gasteiger partial charge in [-0.2, -0.15) is 0 Å². The minimum Gasteiger partial charge on any atom is -0.462 e. The SMILES string of the molecule is CCOC(=O)c1c(NC(=O)[C@@H](C)N(C)CC(=O)Nc2ccc(F)c(F)c2F)sc2c1CC[C@@H](C)C2. The second-order valence-electron chi connectivity index (χ2n) is 8.63. The molecule has 7 nitrogen and oxygen atoms in total. The number of hydrogen-bond acceptors (Lipinski definition) is 6. The fourth-order valence-electron chi connectivity index (χ4n) is 3.85. The molecule has 2 atom stereocenters. The number of amides is 2.